The van der Waals surface area contributed by atoms with E-state index >= 15 is 0 Å². The smallest absolute Gasteiger partial charge is 0.314 e. The molecule has 0 aliphatic heterocycles. The number of halogens is 1. The molecule has 2 N–H and O–H groups in total. The zero-order valence-electron chi connectivity index (χ0n) is 11.5. The Bertz CT molecular complexity index is 410. The molecule has 5 heteroatoms. The number of hydrogen-bond acceptors (Lipinski definition) is 2. The van der Waals surface area contributed by atoms with Gasteiger partial charge in [0.05, 0.1) is 6.61 Å². The largest absolute Gasteiger partial charge is 0.491 e. The molecule has 0 atom stereocenters. The van der Waals surface area contributed by atoms with Crippen molar-refractivity contribution >= 4 is 6.03 Å². The molecule has 1 aromatic carbocycles. The van der Waals surface area contributed by atoms with Crippen LogP contribution in [-0.4, -0.2) is 25.7 Å². The van der Waals surface area contributed by atoms with E-state index in [9.17, 15) is 9.18 Å². The van der Waals surface area contributed by atoms with E-state index in [1.54, 1.807) is 12.1 Å². The van der Waals surface area contributed by atoms with Gasteiger partial charge in [0.15, 0.2) is 11.6 Å². The minimum atomic E-state index is -0.366. The molecule has 2 amide bonds. The number of hydrogen-bond donors (Lipinski definition) is 2. The predicted molar refractivity (Wildman–Crippen MR) is 73.0 cm³/mol. The first-order chi connectivity index (χ1) is 9.17. The fourth-order valence-electron chi connectivity index (χ4n) is 1.59. The first-order valence-electron chi connectivity index (χ1n) is 6.60. The van der Waals surface area contributed by atoms with Crippen LogP contribution in [-0.2, 0) is 6.42 Å². The molecule has 0 aliphatic carbocycles. The summed E-state index contributed by atoms with van der Waals surface area (Å²) >= 11 is 0. The van der Waals surface area contributed by atoms with Crippen LogP contribution in [0.2, 0.25) is 0 Å². The quantitative estimate of drug-likeness (QED) is 0.798. The summed E-state index contributed by atoms with van der Waals surface area (Å²) in [6.07, 6.45) is 1.49. The van der Waals surface area contributed by atoms with Gasteiger partial charge in [-0.1, -0.05) is 13.0 Å². The molecule has 0 aliphatic rings. The molecule has 0 unspecified atom stereocenters. The van der Waals surface area contributed by atoms with Crippen molar-refractivity contribution in [2.75, 3.05) is 19.7 Å². The lowest BCUT2D eigenvalue weighted by atomic mass is 10.1. The van der Waals surface area contributed by atoms with Crippen molar-refractivity contribution < 1.29 is 13.9 Å². The van der Waals surface area contributed by atoms with Crippen LogP contribution in [0.25, 0.3) is 0 Å². The number of rotatable bonds is 7. The second-order valence-electron chi connectivity index (χ2n) is 4.13. The first kappa shape index (κ1) is 15.3. The molecule has 0 heterocycles. The lowest BCUT2D eigenvalue weighted by molar-refractivity contribution is 0.241. The number of nitrogens with one attached hydrogen (secondary N) is 2. The van der Waals surface area contributed by atoms with Crippen LogP contribution in [0, 0.1) is 5.82 Å². The molecule has 0 spiro atoms. The number of carbonyl (C=O) groups is 1. The van der Waals surface area contributed by atoms with Gasteiger partial charge in [-0.15, -0.1) is 0 Å². The van der Waals surface area contributed by atoms with E-state index in [0.717, 1.165) is 12.0 Å². The maximum Gasteiger partial charge on any atom is 0.314 e. The van der Waals surface area contributed by atoms with E-state index < -0.39 is 0 Å². The molecule has 4 nitrogen and oxygen atoms in total. The highest BCUT2D eigenvalue weighted by atomic mass is 19.1. The normalized spacial score (nSPS) is 10.1. The van der Waals surface area contributed by atoms with Crippen molar-refractivity contribution in [1.82, 2.24) is 10.6 Å². The van der Waals surface area contributed by atoms with Gasteiger partial charge in [0.2, 0.25) is 0 Å². The van der Waals surface area contributed by atoms with Crippen molar-refractivity contribution in [1.29, 1.82) is 0 Å². The molecule has 19 heavy (non-hydrogen) atoms. The van der Waals surface area contributed by atoms with Crippen LogP contribution in [0.1, 0.15) is 25.8 Å². The fourth-order valence-corrected chi connectivity index (χ4v) is 1.59. The second-order valence-corrected chi connectivity index (χ2v) is 4.13. The summed E-state index contributed by atoms with van der Waals surface area (Å²) in [4.78, 5) is 11.3. The number of ether oxygens (including phenoxy) is 1. The highest BCUT2D eigenvalue weighted by molar-refractivity contribution is 5.73. The van der Waals surface area contributed by atoms with Gasteiger partial charge in [0.1, 0.15) is 0 Å². The molecule has 0 saturated heterocycles. The molecule has 0 bridgehead atoms. The van der Waals surface area contributed by atoms with Gasteiger partial charge in [-0.05, 0) is 37.5 Å². The Morgan fingerprint density at radius 3 is 2.63 bits per heavy atom. The molecule has 1 rings (SSSR count). The maximum atomic E-state index is 13.6. The lowest BCUT2D eigenvalue weighted by Crippen LogP contribution is -2.36. The van der Waals surface area contributed by atoms with E-state index in [-0.39, 0.29) is 17.6 Å². The van der Waals surface area contributed by atoms with Gasteiger partial charge in [-0.25, -0.2) is 9.18 Å². The predicted octanol–water partition coefficient (Wildman–Crippen LogP) is 2.48. The fraction of sp³-hybridized carbons (Fsp3) is 0.500. The van der Waals surface area contributed by atoms with E-state index in [1.807, 2.05) is 13.8 Å². The van der Waals surface area contributed by atoms with Gasteiger partial charge < -0.3 is 15.4 Å². The van der Waals surface area contributed by atoms with E-state index in [2.05, 4.69) is 10.6 Å². The molecule has 0 fully saturated rings. The average Bonchev–Trinajstić information content (AvgIpc) is 2.39. The molecular weight excluding hydrogens is 247 g/mol. The first-order valence-corrected chi connectivity index (χ1v) is 6.60. The minimum absolute atomic E-state index is 0.187. The monoisotopic (exact) mass is 268 g/mol. The molecule has 1 aromatic rings. The minimum Gasteiger partial charge on any atom is -0.491 e. The van der Waals surface area contributed by atoms with Crippen molar-refractivity contribution in [3.05, 3.63) is 29.6 Å². The third-order valence-electron chi connectivity index (χ3n) is 2.53. The Kier molecular flexibility index (Phi) is 6.71. The molecule has 0 radical (unpaired) electrons. The second kappa shape index (κ2) is 8.34. The van der Waals surface area contributed by atoms with Crippen molar-refractivity contribution in [2.24, 2.45) is 0 Å². The summed E-state index contributed by atoms with van der Waals surface area (Å²) in [5.74, 6) is -0.102. The Labute approximate surface area is 113 Å². The SMILES string of the molecule is CCCNC(=O)NCCc1ccc(OCC)c(F)c1. The molecule has 0 saturated carbocycles. The van der Waals surface area contributed by atoms with Crippen LogP contribution in [0.3, 0.4) is 0 Å². The lowest BCUT2D eigenvalue weighted by Gasteiger charge is -2.08. The molecule has 106 valence electrons. The van der Waals surface area contributed by atoms with Crippen molar-refractivity contribution in [3.63, 3.8) is 0 Å². The zero-order chi connectivity index (χ0) is 14.1. The van der Waals surface area contributed by atoms with E-state index in [1.165, 1.54) is 6.07 Å². The van der Waals surface area contributed by atoms with Gasteiger partial charge >= 0.3 is 6.03 Å². The van der Waals surface area contributed by atoms with E-state index in [0.29, 0.717) is 26.1 Å². The van der Waals surface area contributed by atoms with Crippen LogP contribution in [0.15, 0.2) is 18.2 Å². The van der Waals surface area contributed by atoms with Crippen LogP contribution >= 0.6 is 0 Å². The Hall–Kier alpha value is -1.78. The summed E-state index contributed by atoms with van der Waals surface area (Å²) in [5.41, 5.74) is 0.830. The number of amides is 2. The van der Waals surface area contributed by atoms with Crippen LogP contribution in [0.4, 0.5) is 9.18 Å². The van der Waals surface area contributed by atoms with Gasteiger partial charge in [0, 0.05) is 13.1 Å². The third-order valence-corrected chi connectivity index (χ3v) is 2.53. The highest BCUT2D eigenvalue weighted by Crippen LogP contribution is 2.18. The Morgan fingerprint density at radius 2 is 2.00 bits per heavy atom. The van der Waals surface area contributed by atoms with Crippen molar-refractivity contribution in [3.8, 4) is 5.75 Å². The van der Waals surface area contributed by atoms with Crippen LogP contribution < -0.4 is 15.4 Å². The van der Waals surface area contributed by atoms with E-state index in [4.69, 9.17) is 4.74 Å². The summed E-state index contributed by atoms with van der Waals surface area (Å²) in [7, 11) is 0. The third kappa shape index (κ3) is 5.59. The van der Waals surface area contributed by atoms with Crippen molar-refractivity contribution in [2.45, 2.75) is 26.7 Å². The summed E-state index contributed by atoms with van der Waals surface area (Å²) in [5, 5.41) is 5.43. The molecular formula is C14H21FN2O2. The maximum absolute atomic E-state index is 13.6. The zero-order valence-corrected chi connectivity index (χ0v) is 11.5. The Morgan fingerprint density at radius 1 is 1.26 bits per heavy atom. The number of urea groups is 1. The topological polar surface area (TPSA) is 50.4 Å². The summed E-state index contributed by atoms with van der Waals surface area (Å²) in [6, 6.07) is 4.68. The summed E-state index contributed by atoms with van der Waals surface area (Å²) in [6.45, 7) is 5.37. The molecule has 0 aromatic heterocycles. The van der Waals surface area contributed by atoms with Gasteiger partial charge in [-0.3, -0.25) is 0 Å². The number of carbonyl (C=O) groups excluding carboxylic acids is 1. The van der Waals surface area contributed by atoms with Gasteiger partial charge in [0.25, 0.3) is 0 Å². The standard InChI is InChI=1S/C14H21FN2O2/c1-3-8-16-14(18)17-9-7-11-5-6-13(19-4-2)12(15)10-11/h5-6,10H,3-4,7-9H2,1-2H3,(H2,16,17,18). The average molecular weight is 268 g/mol. The van der Waals surface area contributed by atoms with Crippen LogP contribution in [0.5, 0.6) is 5.75 Å². The summed E-state index contributed by atoms with van der Waals surface area (Å²) < 4.78 is 18.7. The number of benzene rings is 1. The Balaban J connectivity index is 2.37. The highest BCUT2D eigenvalue weighted by Gasteiger charge is 2.04. The van der Waals surface area contributed by atoms with Gasteiger partial charge in [-0.2, -0.15) is 0 Å².